The van der Waals surface area contributed by atoms with Crippen molar-refractivity contribution in [3.63, 3.8) is 0 Å². The Morgan fingerprint density at radius 1 is 1.05 bits per heavy atom. The van der Waals surface area contributed by atoms with Crippen LogP contribution in [0.4, 0.5) is 0 Å². The van der Waals surface area contributed by atoms with E-state index in [-0.39, 0.29) is 6.04 Å². The lowest BCUT2D eigenvalue weighted by molar-refractivity contribution is 0.472. The lowest BCUT2D eigenvalue weighted by atomic mass is 10.1. The molecule has 19 heavy (non-hydrogen) atoms. The fraction of sp³-hybridized carbons (Fsp3) is 0.143. The van der Waals surface area contributed by atoms with Crippen LogP contribution < -0.4 is 10.5 Å². The van der Waals surface area contributed by atoms with Gasteiger partial charge in [0.05, 0.1) is 5.02 Å². The molecule has 0 saturated carbocycles. The summed E-state index contributed by atoms with van der Waals surface area (Å²) in [6, 6.07) is 11.1. The molecule has 1 atom stereocenters. The van der Waals surface area contributed by atoms with Crippen LogP contribution >= 0.6 is 43.5 Å². The topological polar surface area (TPSA) is 35.2 Å². The van der Waals surface area contributed by atoms with E-state index in [1.165, 1.54) is 0 Å². The maximum atomic E-state index is 6.15. The number of benzene rings is 2. The van der Waals surface area contributed by atoms with Gasteiger partial charge in [-0.25, -0.2) is 0 Å². The summed E-state index contributed by atoms with van der Waals surface area (Å²) >= 11 is 12.9. The smallest absolute Gasteiger partial charge is 0.146 e. The second-order valence-electron chi connectivity index (χ2n) is 4.15. The monoisotopic (exact) mass is 403 g/mol. The molecule has 0 aliphatic rings. The number of hydrogen-bond donors (Lipinski definition) is 1. The van der Waals surface area contributed by atoms with E-state index in [0.29, 0.717) is 16.5 Å². The molecule has 0 saturated heterocycles. The highest BCUT2D eigenvalue weighted by molar-refractivity contribution is 9.10. The van der Waals surface area contributed by atoms with Gasteiger partial charge >= 0.3 is 0 Å². The van der Waals surface area contributed by atoms with Crippen molar-refractivity contribution in [2.75, 3.05) is 0 Å². The van der Waals surface area contributed by atoms with Crippen LogP contribution in [0, 0.1) is 0 Å². The first-order valence-corrected chi connectivity index (χ1v) is 7.61. The summed E-state index contributed by atoms with van der Waals surface area (Å²) in [5, 5.41) is 0.546. The Morgan fingerprint density at radius 3 is 2.32 bits per heavy atom. The molecule has 0 spiro atoms. The standard InChI is InChI=1S/C14H12Br2ClNO/c1-8(18)11-4-2-10(16)7-14(11)19-13-5-3-9(15)6-12(13)17/h2-8H,18H2,1H3. The average molecular weight is 406 g/mol. The van der Waals surface area contributed by atoms with E-state index in [0.717, 1.165) is 14.5 Å². The molecule has 2 N–H and O–H groups in total. The Kier molecular flexibility index (Phi) is 4.90. The zero-order valence-electron chi connectivity index (χ0n) is 10.2. The van der Waals surface area contributed by atoms with Crippen molar-refractivity contribution in [3.8, 4) is 11.5 Å². The highest BCUT2D eigenvalue weighted by atomic mass is 79.9. The van der Waals surface area contributed by atoms with Gasteiger partial charge < -0.3 is 10.5 Å². The van der Waals surface area contributed by atoms with Crippen LogP contribution in [0.25, 0.3) is 0 Å². The minimum atomic E-state index is -0.114. The SMILES string of the molecule is CC(N)c1ccc(Br)cc1Oc1ccc(Br)cc1Cl. The van der Waals surface area contributed by atoms with Gasteiger partial charge in [0, 0.05) is 20.6 Å². The van der Waals surface area contributed by atoms with Crippen LogP contribution in [-0.2, 0) is 0 Å². The molecular weight excluding hydrogens is 393 g/mol. The van der Waals surface area contributed by atoms with Gasteiger partial charge in [0.15, 0.2) is 0 Å². The van der Waals surface area contributed by atoms with E-state index < -0.39 is 0 Å². The average Bonchev–Trinajstić information content (AvgIpc) is 2.32. The van der Waals surface area contributed by atoms with E-state index in [1.807, 2.05) is 37.3 Å². The van der Waals surface area contributed by atoms with Gasteiger partial charge in [0.1, 0.15) is 11.5 Å². The minimum Gasteiger partial charge on any atom is -0.455 e. The summed E-state index contributed by atoms with van der Waals surface area (Å²) in [7, 11) is 0. The van der Waals surface area contributed by atoms with Crippen LogP contribution in [0.2, 0.25) is 5.02 Å². The second kappa shape index (κ2) is 6.27. The highest BCUT2D eigenvalue weighted by Crippen LogP contribution is 2.35. The summed E-state index contributed by atoms with van der Waals surface area (Å²) in [6.07, 6.45) is 0. The van der Waals surface area contributed by atoms with Crippen LogP contribution in [0.1, 0.15) is 18.5 Å². The van der Waals surface area contributed by atoms with Crippen LogP contribution in [0.3, 0.4) is 0 Å². The van der Waals surface area contributed by atoms with Gasteiger partial charge in [-0.05, 0) is 37.3 Å². The molecule has 2 rings (SSSR count). The van der Waals surface area contributed by atoms with Crippen molar-refractivity contribution in [2.24, 2.45) is 5.73 Å². The molecule has 0 radical (unpaired) electrons. The zero-order chi connectivity index (χ0) is 14.0. The number of halogens is 3. The summed E-state index contributed by atoms with van der Waals surface area (Å²) in [5.41, 5.74) is 6.88. The molecule has 1 unspecified atom stereocenters. The van der Waals surface area contributed by atoms with Gasteiger partial charge in [0.2, 0.25) is 0 Å². The number of hydrogen-bond acceptors (Lipinski definition) is 2. The minimum absolute atomic E-state index is 0.114. The predicted octanol–water partition coefficient (Wildman–Crippen LogP) is 5.68. The molecule has 100 valence electrons. The summed E-state index contributed by atoms with van der Waals surface area (Å²) in [5.74, 6) is 1.30. The maximum Gasteiger partial charge on any atom is 0.146 e. The molecule has 2 aromatic carbocycles. The molecule has 0 amide bonds. The fourth-order valence-electron chi connectivity index (χ4n) is 1.65. The van der Waals surface area contributed by atoms with Crippen molar-refractivity contribution in [1.82, 2.24) is 0 Å². The van der Waals surface area contributed by atoms with Gasteiger partial charge in [-0.15, -0.1) is 0 Å². The molecular formula is C14H12Br2ClNO. The lowest BCUT2D eigenvalue weighted by Crippen LogP contribution is -2.06. The first kappa shape index (κ1) is 14.9. The second-order valence-corrected chi connectivity index (χ2v) is 6.39. The van der Waals surface area contributed by atoms with E-state index >= 15 is 0 Å². The van der Waals surface area contributed by atoms with Crippen LogP contribution in [0.5, 0.6) is 11.5 Å². The van der Waals surface area contributed by atoms with Crippen LogP contribution in [0.15, 0.2) is 45.3 Å². The molecule has 0 aromatic heterocycles. The summed E-state index contributed by atoms with van der Waals surface area (Å²) in [6.45, 7) is 1.92. The van der Waals surface area contributed by atoms with Gasteiger partial charge in [-0.2, -0.15) is 0 Å². The van der Waals surface area contributed by atoms with Gasteiger partial charge in [-0.1, -0.05) is 49.5 Å². The Balaban J connectivity index is 2.39. The fourth-order valence-corrected chi connectivity index (χ4v) is 2.70. The summed E-state index contributed by atoms with van der Waals surface area (Å²) < 4.78 is 7.71. The molecule has 2 aromatic rings. The van der Waals surface area contributed by atoms with E-state index in [9.17, 15) is 0 Å². The third-order valence-electron chi connectivity index (χ3n) is 2.58. The van der Waals surface area contributed by atoms with Crippen molar-refractivity contribution < 1.29 is 4.74 Å². The lowest BCUT2D eigenvalue weighted by Gasteiger charge is -2.15. The molecule has 2 nitrogen and oxygen atoms in total. The zero-order valence-corrected chi connectivity index (χ0v) is 14.1. The Labute approximate surface area is 134 Å². The van der Waals surface area contributed by atoms with E-state index in [2.05, 4.69) is 31.9 Å². The number of rotatable bonds is 3. The maximum absolute atomic E-state index is 6.15. The Bertz CT molecular complexity index is 602. The molecule has 0 bridgehead atoms. The Hall–Kier alpha value is -0.550. The van der Waals surface area contributed by atoms with Crippen molar-refractivity contribution in [1.29, 1.82) is 0 Å². The largest absolute Gasteiger partial charge is 0.455 e. The first-order valence-electron chi connectivity index (χ1n) is 5.65. The first-order chi connectivity index (χ1) is 8.97. The van der Waals surface area contributed by atoms with Crippen molar-refractivity contribution >= 4 is 43.5 Å². The number of nitrogens with two attached hydrogens (primary N) is 1. The normalized spacial score (nSPS) is 12.3. The quantitative estimate of drug-likeness (QED) is 0.713. The molecule has 0 aliphatic carbocycles. The molecule has 5 heteroatoms. The Morgan fingerprint density at radius 2 is 1.68 bits per heavy atom. The van der Waals surface area contributed by atoms with Crippen molar-refractivity contribution in [2.45, 2.75) is 13.0 Å². The number of ether oxygens (including phenoxy) is 1. The summed E-state index contributed by atoms with van der Waals surface area (Å²) in [4.78, 5) is 0. The van der Waals surface area contributed by atoms with E-state index in [1.54, 1.807) is 6.07 Å². The third-order valence-corrected chi connectivity index (χ3v) is 3.86. The van der Waals surface area contributed by atoms with E-state index in [4.69, 9.17) is 22.1 Å². The third kappa shape index (κ3) is 3.72. The van der Waals surface area contributed by atoms with Crippen LogP contribution in [-0.4, -0.2) is 0 Å². The van der Waals surface area contributed by atoms with Crippen molar-refractivity contribution in [3.05, 3.63) is 55.9 Å². The van der Waals surface area contributed by atoms with Gasteiger partial charge in [-0.3, -0.25) is 0 Å². The highest BCUT2D eigenvalue weighted by Gasteiger charge is 2.11. The molecule has 0 fully saturated rings. The predicted molar refractivity (Wildman–Crippen MR) is 86.0 cm³/mol. The molecule has 0 aliphatic heterocycles. The molecule has 0 heterocycles. The van der Waals surface area contributed by atoms with Gasteiger partial charge in [0.25, 0.3) is 0 Å².